The van der Waals surface area contributed by atoms with Gasteiger partial charge in [-0.2, -0.15) is 0 Å². The number of nitrogens with zero attached hydrogens (tertiary/aromatic N) is 1. The third kappa shape index (κ3) is 5.76. The Bertz CT molecular complexity index is 1020. The van der Waals surface area contributed by atoms with Crippen LogP contribution in [0, 0.1) is 0 Å². The van der Waals surface area contributed by atoms with E-state index < -0.39 is 9.84 Å². The van der Waals surface area contributed by atoms with Crippen molar-refractivity contribution < 1.29 is 13.2 Å². The van der Waals surface area contributed by atoms with Gasteiger partial charge in [-0.3, -0.25) is 4.79 Å². The predicted molar refractivity (Wildman–Crippen MR) is 127 cm³/mol. The highest BCUT2D eigenvalue weighted by molar-refractivity contribution is 7.91. The lowest BCUT2D eigenvalue weighted by atomic mass is 9.86. The number of sulfone groups is 1. The van der Waals surface area contributed by atoms with Crippen LogP contribution in [-0.2, 0) is 27.2 Å². The Labute approximate surface area is 187 Å². The second kappa shape index (κ2) is 8.42. The third-order valence-electron chi connectivity index (χ3n) is 6.08. The monoisotopic (exact) mass is 441 g/mol. The first-order valence-corrected chi connectivity index (χ1v) is 12.8. The van der Waals surface area contributed by atoms with Gasteiger partial charge in [-0.05, 0) is 46.1 Å². The van der Waals surface area contributed by atoms with Gasteiger partial charge in [-0.15, -0.1) is 0 Å². The minimum atomic E-state index is -3.09. The zero-order chi connectivity index (χ0) is 23.0. The fourth-order valence-corrected chi connectivity index (χ4v) is 5.70. The largest absolute Gasteiger partial charge is 0.330 e. The van der Waals surface area contributed by atoms with E-state index in [1.165, 1.54) is 5.56 Å². The van der Waals surface area contributed by atoms with E-state index in [4.69, 9.17) is 0 Å². The summed E-state index contributed by atoms with van der Waals surface area (Å²) in [7, 11) is -3.09. The number of amides is 1. The minimum Gasteiger partial charge on any atom is -0.330 e. The summed E-state index contributed by atoms with van der Waals surface area (Å²) in [5, 5.41) is 0. The SMILES string of the molecule is CC(C)(C)c1ccc(CN(C(=O)c2ccc(C(C)(C)C)cc2)[C@@H]2CCS(=O)(=O)C2)cc1. The highest BCUT2D eigenvalue weighted by atomic mass is 32.2. The Hall–Kier alpha value is -2.14. The number of benzene rings is 2. The van der Waals surface area contributed by atoms with Gasteiger partial charge >= 0.3 is 0 Å². The summed E-state index contributed by atoms with van der Waals surface area (Å²) in [5.74, 6) is 0.0779. The first-order chi connectivity index (χ1) is 14.3. The van der Waals surface area contributed by atoms with E-state index in [1.54, 1.807) is 4.90 Å². The quantitative estimate of drug-likeness (QED) is 0.662. The van der Waals surface area contributed by atoms with Crippen molar-refractivity contribution in [3.63, 3.8) is 0 Å². The maximum Gasteiger partial charge on any atom is 0.254 e. The fourth-order valence-electron chi connectivity index (χ4n) is 3.97. The summed E-state index contributed by atoms with van der Waals surface area (Å²) in [4.78, 5) is 15.2. The zero-order valence-electron chi connectivity index (χ0n) is 19.6. The van der Waals surface area contributed by atoms with E-state index in [-0.39, 0.29) is 34.3 Å². The molecule has 1 atom stereocenters. The lowest BCUT2D eigenvalue weighted by Crippen LogP contribution is -2.40. The minimum absolute atomic E-state index is 0.00952. The molecule has 0 radical (unpaired) electrons. The molecule has 31 heavy (non-hydrogen) atoms. The second-order valence-electron chi connectivity index (χ2n) is 10.8. The van der Waals surface area contributed by atoms with E-state index in [9.17, 15) is 13.2 Å². The standard InChI is InChI=1S/C26H35NO3S/c1-25(2,3)21-11-7-19(8-12-21)17-27(23-15-16-31(29,30)18-23)24(28)20-9-13-22(14-10-20)26(4,5)6/h7-14,23H,15-18H2,1-6H3/t23-/m1/s1. The van der Waals surface area contributed by atoms with E-state index in [2.05, 4.69) is 53.7 Å². The molecule has 0 aromatic heterocycles. The smallest absolute Gasteiger partial charge is 0.254 e. The van der Waals surface area contributed by atoms with Crippen LogP contribution in [0.25, 0.3) is 0 Å². The molecule has 0 bridgehead atoms. The normalized spacial score (nSPS) is 18.7. The van der Waals surface area contributed by atoms with E-state index >= 15 is 0 Å². The molecule has 2 aromatic rings. The van der Waals surface area contributed by atoms with Gasteiger partial charge in [0.05, 0.1) is 11.5 Å². The summed E-state index contributed by atoms with van der Waals surface area (Å²) in [6, 6.07) is 15.7. The van der Waals surface area contributed by atoms with Crippen LogP contribution >= 0.6 is 0 Å². The van der Waals surface area contributed by atoms with Crippen molar-refractivity contribution in [2.45, 2.75) is 71.4 Å². The molecule has 2 aromatic carbocycles. The number of carbonyl (C=O) groups excluding carboxylic acids is 1. The molecule has 5 heteroatoms. The van der Waals surface area contributed by atoms with Crippen LogP contribution < -0.4 is 0 Å². The highest BCUT2D eigenvalue weighted by Crippen LogP contribution is 2.27. The van der Waals surface area contributed by atoms with Crippen LogP contribution in [0.1, 0.15) is 75.0 Å². The van der Waals surface area contributed by atoms with E-state index in [1.807, 2.05) is 36.4 Å². The molecule has 0 aliphatic carbocycles. The topological polar surface area (TPSA) is 54.5 Å². The van der Waals surface area contributed by atoms with Crippen molar-refractivity contribution in [3.05, 3.63) is 70.8 Å². The molecular formula is C26H35NO3S. The highest BCUT2D eigenvalue weighted by Gasteiger charge is 2.35. The van der Waals surface area contributed by atoms with Gasteiger partial charge in [0.25, 0.3) is 5.91 Å². The molecule has 0 saturated carbocycles. The molecule has 0 unspecified atom stereocenters. The van der Waals surface area contributed by atoms with Crippen LogP contribution in [0.15, 0.2) is 48.5 Å². The number of rotatable bonds is 4. The van der Waals surface area contributed by atoms with Crippen molar-refractivity contribution in [2.24, 2.45) is 0 Å². The summed E-state index contributed by atoms with van der Waals surface area (Å²) >= 11 is 0. The van der Waals surface area contributed by atoms with Gasteiger partial charge in [0.15, 0.2) is 9.84 Å². The first-order valence-electron chi connectivity index (χ1n) is 11.0. The third-order valence-corrected chi connectivity index (χ3v) is 7.83. The molecule has 0 spiro atoms. The molecule has 1 fully saturated rings. The molecule has 3 rings (SSSR count). The number of hydrogen-bond acceptors (Lipinski definition) is 3. The predicted octanol–water partition coefficient (Wildman–Crippen LogP) is 5.11. The summed E-state index contributed by atoms with van der Waals surface area (Å²) < 4.78 is 24.3. The first kappa shape index (κ1) is 23.5. The maximum atomic E-state index is 13.5. The summed E-state index contributed by atoms with van der Waals surface area (Å²) in [6.07, 6.45) is 0.494. The van der Waals surface area contributed by atoms with Crippen molar-refractivity contribution in [1.29, 1.82) is 0 Å². The molecular weight excluding hydrogens is 406 g/mol. The van der Waals surface area contributed by atoms with E-state index in [0.717, 1.165) is 11.1 Å². The summed E-state index contributed by atoms with van der Waals surface area (Å²) in [5.41, 5.74) is 4.07. The molecule has 1 saturated heterocycles. The summed E-state index contributed by atoms with van der Waals surface area (Å²) in [6.45, 7) is 13.3. The average Bonchev–Trinajstić information content (AvgIpc) is 3.04. The Morgan fingerprint density at radius 2 is 1.35 bits per heavy atom. The molecule has 168 valence electrons. The van der Waals surface area contributed by atoms with Crippen LogP contribution in [-0.4, -0.2) is 36.8 Å². The Morgan fingerprint density at radius 3 is 1.77 bits per heavy atom. The van der Waals surface area contributed by atoms with Crippen molar-refractivity contribution in [3.8, 4) is 0 Å². The molecule has 1 aliphatic heterocycles. The van der Waals surface area contributed by atoms with Crippen LogP contribution in [0.5, 0.6) is 0 Å². The van der Waals surface area contributed by atoms with Crippen LogP contribution in [0.3, 0.4) is 0 Å². The second-order valence-corrected chi connectivity index (χ2v) is 13.0. The van der Waals surface area contributed by atoms with Gasteiger partial charge in [0, 0.05) is 18.2 Å². The molecule has 0 N–H and O–H groups in total. The Balaban J connectivity index is 1.89. The lowest BCUT2D eigenvalue weighted by Gasteiger charge is -2.29. The van der Waals surface area contributed by atoms with Gasteiger partial charge in [0.2, 0.25) is 0 Å². The van der Waals surface area contributed by atoms with Gasteiger partial charge in [-0.1, -0.05) is 77.9 Å². The Kier molecular flexibility index (Phi) is 6.39. The Morgan fingerprint density at radius 1 is 0.871 bits per heavy atom. The molecule has 1 amide bonds. The fraction of sp³-hybridized carbons (Fsp3) is 0.500. The average molecular weight is 442 g/mol. The van der Waals surface area contributed by atoms with Gasteiger partial charge in [-0.25, -0.2) is 8.42 Å². The van der Waals surface area contributed by atoms with Crippen molar-refractivity contribution in [2.75, 3.05) is 11.5 Å². The van der Waals surface area contributed by atoms with Crippen LogP contribution in [0.2, 0.25) is 0 Å². The van der Waals surface area contributed by atoms with Gasteiger partial charge < -0.3 is 4.90 Å². The molecule has 1 aliphatic rings. The van der Waals surface area contributed by atoms with Crippen LogP contribution in [0.4, 0.5) is 0 Å². The van der Waals surface area contributed by atoms with Crippen molar-refractivity contribution in [1.82, 2.24) is 4.90 Å². The maximum absolute atomic E-state index is 13.5. The zero-order valence-corrected chi connectivity index (χ0v) is 20.4. The van der Waals surface area contributed by atoms with E-state index in [0.29, 0.717) is 18.5 Å². The van der Waals surface area contributed by atoms with Gasteiger partial charge in [0.1, 0.15) is 0 Å². The van der Waals surface area contributed by atoms with Crippen molar-refractivity contribution >= 4 is 15.7 Å². The molecule has 1 heterocycles. The lowest BCUT2D eigenvalue weighted by molar-refractivity contribution is 0.0681. The molecule has 4 nitrogen and oxygen atoms in total. The number of carbonyl (C=O) groups is 1. The number of hydrogen-bond donors (Lipinski definition) is 0.